The first kappa shape index (κ1) is 23.0. The fourth-order valence-electron chi connectivity index (χ4n) is 2.10. The number of guanidine groups is 1. The quantitative estimate of drug-likeness (QED) is 0.383. The minimum atomic E-state index is 0. The Labute approximate surface area is 164 Å². The van der Waals surface area contributed by atoms with E-state index in [1.54, 1.807) is 14.2 Å². The van der Waals surface area contributed by atoms with Crippen LogP contribution >= 0.6 is 24.0 Å². The van der Waals surface area contributed by atoms with E-state index in [1.807, 2.05) is 6.07 Å². The molecule has 1 aromatic carbocycles. The zero-order chi connectivity index (χ0) is 17.5. The molecule has 1 rings (SSSR count). The summed E-state index contributed by atoms with van der Waals surface area (Å²) in [7, 11) is 7.68. The van der Waals surface area contributed by atoms with Gasteiger partial charge in [-0.05, 0) is 52.9 Å². The van der Waals surface area contributed by atoms with Crippen molar-refractivity contribution in [1.29, 1.82) is 0 Å². The van der Waals surface area contributed by atoms with Crippen molar-refractivity contribution in [2.24, 2.45) is 4.99 Å². The van der Waals surface area contributed by atoms with Crippen molar-refractivity contribution < 1.29 is 4.74 Å². The van der Waals surface area contributed by atoms with Crippen LogP contribution in [0.1, 0.15) is 25.0 Å². The van der Waals surface area contributed by atoms with Gasteiger partial charge in [-0.3, -0.25) is 4.99 Å². The minimum Gasteiger partial charge on any atom is -0.496 e. The lowest BCUT2D eigenvalue weighted by Gasteiger charge is -2.33. The summed E-state index contributed by atoms with van der Waals surface area (Å²) < 4.78 is 5.42. The summed E-state index contributed by atoms with van der Waals surface area (Å²) in [4.78, 5) is 6.49. The summed E-state index contributed by atoms with van der Waals surface area (Å²) in [5.41, 5.74) is 2.53. The van der Waals surface area contributed by atoms with Gasteiger partial charge in [0.1, 0.15) is 5.75 Å². The molecule has 24 heavy (non-hydrogen) atoms. The molecule has 0 heterocycles. The lowest BCUT2D eigenvalue weighted by molar-refractivity contribution is 0.197. The molecule has 0 bridgehead atoms. The molecule has 6 heteroatoms. The second-order valence-corrected chi connectivity index (χ2v) is 6.62. The van der Waals surface area contributed by atoms with Gasteiger partial charge in [-0.1, -0.05) is 17.7 Å². The number of aliphatic imine (C=N–C) groups is 1. The summed E-state index contributed by atoms with van der Waals surface area (Å²) in [6.07, 6.45) is 0.891. The molecule has 5 nitrogen and oxygen atoms in total. The molecule has 0 aliphatic rings. The number of nitrogens with zero attached hydrogens (tertiary/aromatic N) is 2. The average molecular weight is 448 g/mol. The van der Waals surface area contributed by atoms with Crippen molar-refractivity contribution in [3.05, 3.63) is 29.3 Å². The number of hydrogen-bond donors (Lipinski definition) is 2. The molecule has 0 amide bonds. The zero-order valence-electron chi connectivity index (χ0n) is 16.1. The molecule has 0 atom stereocenters. The number of halogens is 1. The van der Waals surface area contributed by atoms with E-state index in [9.17, 15) is 0 Å². The van der Waals surface area contributed by atoms with Crippen molar-refractivity contribution in [3.63, 3.8) is 0 Å². The van der Waals surface area contributed by atoms with Crippen molar-refractivity contribution in [2.75, 3.05) is 41.3 Å². The fourth-order valence-corrected chi connectivity index (χ4v) is 2.10. The van der Waals surface area contributed by atoms with Gasteiger partial charge < -0.3 is 20.3 Å². The number of hydrogen-bond acceptors (Lipinski definition) is 3. The molecule has 0 saturated carbocycles. The van der Waals surface area contributed by atoms with Crippen molar-refractivity contribution in [1.82, 2.24) is 15.5 Å². The maximum Gasteiger partial charge on any atom is 0.191 e. The van der Waals surface area contributed by atoms with Gasteiger partial charge in [0.15, 0.2) is 5.96 Å². The molecule has 0 aliphatic heterocycles. The van der Waals surface area contributed by atoms with Crippen LogP contribution in [-0.2, 0) is 6.42 Å². The predicted octanol–water partition coefficient (Wildman–Crippen LogP) is 2.67. The molecule has 0 spiro atoms. The third kappa shape index (κ3) is 7.25. The highest BCUT2D eigenvalue weighted by molar-refractivity contribution is 14.0. The van der Waals surface area contributed by atoms with Crippen molar-refractivity contribution in [2.45, 2.75) is 32.7 Å². The largest absolute Gasteiger partial charge is 0.496 e. The van der Waals surface area contributed by atoms with Gasteiger partial charge in [0, 0.05) is 25.7 Å². The second kappa shape index (κ2) is 10.8. The maximum absolute atomic E-state index is 5.42. The van der Waals surface area contributed by atoms with Crippen LogP contribution in [0.4, 0.5) is 0 Å². The van der Waals surface area contributed by atoms with Gasteiger partial charge in [0.25, 0.3) is 0 Å². The molecule has 2 N–H and O–H groups in total. The van der Waals surface area contributed by atoms with Crippen LogP contribution in [0.15, 0.2) is 23.2 Å². The van der Waals surface area contributed by atoms with Crippen LogP contribution in [-0.4, -0.2) is 57.7 Å². The Morgan fingerprint density at radius 1 is 1.25 bits per heavy atom. The normalized spacial score (nSPS) is 11.9. The van der Waals surface area contributed by atoms with Crippen LogP contribution in [0.5, 0.6) is 5.75 Å². The van der Waals surface area contributed by atoms with Gasteiger partial charge in [0.05, 0.1) is 7.11 Å². The average Bonchev–Trinajstić information content (AvgIpc) is 2.50. The first-order valence-electron chi connectivity index (χ1n) is 8.05. The Morgan fingerprint density at radius 2 is 1.92 bits per heavy atom. The molecular weight excluding hydrogens is 415 g/mol. The fraction of sp³-hybridized carbons (Fsp3) is 0.611. The van der Waals surface area contributed by atoms with Gasteiger partial charge in [-0.25, -0.2) is 0 Å². The Morgan fingerprint density at radius 3 is 2.46 bits per heavy atom. The smallest absolute Gasteiger partial charge is 0.191 e. The van der Waals surface area contributed by atoms with E-state index in [0.717, 1.165) is 31.2 Å². The third-order valence-electron chi connectivity index (χ3n) is 4.25. The predicted molar refractivity (Wildman–Crippen MR) is 114 cm³/mol. The number of ether oxygens (including phenoxy) is 1. The van der Waals surface area contributed by atoms with Crippen LogP contribution in [0, 0.1) is 6.92 Å². The summed E-state index contributed by atoms with van der Waals surface area (Å²) in [6.45, 7) is 8.13. The summed E-state index contributed by atoms with van der Waals surface area (Å²) in [5, 5.41) is 6.75. The number of methoxy groups -OCH3 is 1. The third-order valence-corrected chi connectivity index (χ3v) is 4.25. The van der Waals surface area contributed by atoms with Crippen molar-refractivity contribution >= 4 is 29.9 Å². The Kier molecular flexibility index (Phi) is 10.3. The van der Waals surface area contributed by atoms with Crippen LogP contribution in [0.3, 0.4) is 0 Å². The molecule has 1 aromatic rings. The van der Waals surface area contributed by atoms with Gasteiger partial charge in [0.2, 0.25) is 0 Å². The highest BCUT2D eigenvalue weighted by Crippen LogP contribution is 2.19. The number of benzene rings is 1. The zero-order valence-corrected chi connectivity index (χ0v) is 18.4. The molecule has 138 valence electrons. The highest BCUT2D eigenvalue weighted by atomic mass is 127. The number of nitrogens with one attached hydrogen (secondary N) is 2. The topological polar surface area (TPSA) is 48.9 Å². The number of likely N-dealkylation sites (N-methyl/N-ethyl adjacent to an activating group) is 1. The lowest BCUT2D eigenvalue weighted by atomic mass is 10.0. The lowest BCUT2D eigenvalue weighted by Crippen LogP contribution is -2.51. The molecule has 0 radical (unpaired) electrons. The van der Waals surface area contributed by atoms with Gasteiger partial charge in [-0.15, -0.1) is 24.0 Å². The van der Waals surface area contributed by atoms with E-state index in [0.29, 0.717) is 0 Å². The maximum atomic E-state index is 5.42. The number of aryl methyl sites for hydroxylation is 1. The van der Waals surface area contributed by atoms with Crippen LogP contribution in [0.2, 0.25) is 0 Å². The molecule has 0 fully saturated rings. The van der Waals surface area contributed by atoms with E-state index < -0.39 is 0 Å². The Balaban J connectivity index is 0.00000529. The SMILES string of the molecule is CN=C(NCCc1cc(C)ccc1OC)NCC(C)(C)N(C)C.I. The first-order chi connectivity index (χ1) is 10.8. The molecule has 0 aromatic heterocycles. The van der Waals surface area contributed by atoms with E-state index in [-0.39, 0.29) is 29.5 Å². The molecule has 0 unspecified atom stereocenters. The molecule has 0 saturated heterocycles. The first-order valence-corrected chi connectivity index (χ1v) is 8.05. The summed E-state index contributed by atoms with van der Waals surface area (Å²) in [5.74, 6) is 1.76. The van der Waals surface area contributed by atoms with Crippen LogP contribution in [0.25, 0.3) is 0 Å². The Bertz CT molecular complexity index is 530. The molecular formula is C18H33IN4O. The van der Waals surface area contributed by atoms with Crippen LogP contribution < -0.4 is 15.4 Å². The van der Waals surface area contributed by atoms with E-state index >= 15 is 0 Å². The van der Waals surface area contributed by atoms with Gasteiger partial charge in [-0.2, -0.15) is 0 Å². The summed E-state index contributed by atoms with van der Waals surface area (Å²) >= 11 is 0. The monoisotopic (exact) mass is 448 g/mol. The molecule has 0 aliphatic carbocycles. The van der Waals surface area contributed by atoms with E-state index in [2.05, 4.69) is 67.5 Å². The number of rotatable bonds is 7. The summed E-state index contributed by atoms with van der Waals surface area (Å²) in [6, 6.07) is 6.27. The van der Waals surface area contributed by atoms with E-state index in [4.69, 9.17) is 4.74 Å². The van der Waals surface area contributed by atoms with Gasteiger partial charge >= 0.3 is 0 Å². The van der Waals surface area contributed by atoms with E-state index in [1.165, 1.54) is 11.1 Å². The van der Waals surface area contributed by atoms with Crippen molar-refractivity contribution in [3.8, 4) is 5.75 Å². The highest BCUT2D eigenvalue weighted by Gasteiger charge is 2.20. The second-order valence-electron chi connectivity index (χ2n) is 6.62. The minimum absolute atomic E-state index is 0. The standard InChI is InChI=1S/C18H32N4O.HI/c1-14-8-9-16(23-7)15(12-14)10-11-20-17(19-4)21-13-18(2,3)22(5)6;/h8-9,12H,10-11,13H2,1-7H3,(H2,19,20,21);1H. The Hall–Kier alpha value is -1.02.